The van der Waals surface area contributed by atoms with Crippen molar-refractivity contribution in [3.05, 3.63) is 60.8 Å². The first-order valence-electron chi connectivity index (χ1n) is 11.0. The number of imidazole rings is 1. The van der Waals surface area contributed by atoms with Crippen LogP contribution in [0.1, 0.15) is 12.6 Å². The topological polar surface area (TPSA) is 154 Å². The largest absolute Gasteiger partial charge is 0.368 e. The molecule has 35 heavy (non-hydrogen) atoms. The number of hydrogen-bond donors (Lipinski definition) is 3. The Kier molecular flexibility index (Phi) is 5.75. The van der Waals surface area contributed by atoms with Crippen molar-refractivity contribution in [3.63, 3.8) is 0 Å². The van der Waals surface area contributed by atoms with Gasteiger partial charge in [-0.2, -0.15) is 15.1 Å². The monoisotopic (exact) mass is 469 g/mol. The average molecular weight is 470 g/mol. The van der Waals surface area contributed by atoms with Crippen LogP contribution in [0.3, 0.4) is 0 Å². The maximum Gasteiger partial charge on any atom is 0.245 e. The summed E-state index contributed by atoms with van der Waals surface area (Å²) in [6.07, 6.45) is 4.94. The fraction of sp³-hybridized carbons (Fsp3) is 0.174. The molecule has 0 aliphatic heterocycles. The molecule has 12 heteroatoms. The van der Waals surface area contributed by atoms with Crippen LogP contribution in [0.15, 0.2) is 55.1 Å². The Morgan fingerprint density at radius 3 is 2.60 bits per heavy atom. The number of rotatable bonds is 7. The summed E-state index contributed by atoms with van der Waals surface area (Å²) < 4.78 is 3.36. The molecular formula is C23H23N11O. The van der Waals surface area contributed by atoms with E-state index < -0.39 is 0 Å². The van der Waals surface area contributed by atoms with Crippen molar-refractivity contribution in [2.45, 2.75) is 26.9 Å². The molecule has 1 aromatic carbocycles. The minimum Gasteiger partial charge on any atom is -0.368 e. The van der Waals surface area contributed by atoms with Gasteiger partial charge in [0.25, 0.3) is 0 Å². The maximum atomic E-state index is 12.7. The van der Waals surface area contributed by atoms with E-state index in [1.807, 2.05) is 44.2 Å². The zero-order valence-corrected chi connectivity index (χ0v) is 19.2. The summed E-state index contributed by atoms with van der Waals surface area (Å²) in [6.45, 7) is 4.49. The highest BCUT2D eigenvalue weighted by molar-refractivity contribution is 5.92. The first kappa shape index (κ1) is 21.9. The summed E-state index contributed by atoms with van der Waals surface area (Å²) >= 11 is 0. The van der Waals surface area contributed by atoms with Gasteiger partial charge in [0, 0.05) is 36.3 Å². The third kappa shape index (κ3) is 4.62. The van der Waals surface area contributed by atoms with E-state index in [2.05, 4.69) is 40.7 Å². The first-order valence-corrected chi connectivity index (χ1v) is 11.0. The predicted molar refractivity (Wildman–Crippen MR) is 132 cm³/mol. The number of anilines is 4. The number of benzene rings is 1. The van der Waals surface area contributed by atoms with E-state index in [0.717, 1.165) is 16.9 Å². The number of aromatic nitrogens is 8. The predicted octanol–water partition coefficient (Wildman–Crippen LogP) is 2.77. The molecule has 0 bridgehead atoms. The Morgan fingerprint density at radius 2 is 1.86 bits per heavy atom. The van der Waals surface area contributed by atoms with E-state index in [9.17, 15) is 4.79 Å². The molecule has 0 saturated heterocycles. The third-order valence-corrected chi connectivity index (χ3v) is 5.24. The van der Waals surface area contributed by atoms with Gasteiger partial charge in [0.1, 0.15) is 12.4 Å². The second kappa shape index (κ2) is 9.17. The molecule has 4 heterocycles. The third-order valence-electron chi connectivity index (χ3n) is 5.24. The number of nitrogen functional groups attached to an aromatic ring is 1. The summed E-state index contributed by atoms with van der Waals surface area (Å²) in [5.74, 6) is 1.55. The lowest BCUT2D eigenvalue weighted by atomic mass is 10.2. The fourth-order valence-electron chi connectivity index (χ4n) is 3.68. The molecule has 0 aliphatic carbocycles. The van der Waals surface area contributed by atoms with Crippen LogP contribution in [0.4, 0.5) is 23.3 Å². The summed E-state index contributed by atoms with van der Waals surface area (Å²) in [7, 11) is 0. The molecule has 0 unspecified atom stereocenters. The first-order chi connectivity index (χ1) is 17.0. The normalized spacial score (nSPS) is 11.0. The second-order valence-electron chi connectivity index (χ2n) is 7.78. The van der Waals surface area contributed by atoms with Gasteiger partial charge in [-0.15, -0.1) is 0 Å². The Labute approximate surface area is 200 Å². The van der Waals surface area contributed by atoms with E-state index >= 15 is 0 Å². The van der Waals surface area contributed by atoms with Crippen LogP contribution in [-0.2, 0) is 17.9 Å². The van der Waals surface area contributed by atoms with E-state index in [1.165, 1.54) is 0 Å². The van der Waals surface area contributed by atoms with Gasteiger partial charge in [-0.25, -0.2) is 19.6 Å². The lowest BCUT2D eigenvalue weighted by molar-refractivity contribution is -0.116. The van der Waals surface area contributed by atoms with Crippen LogP contribution in [-0.4, -0.2) is 45.2 Å². The molecule has 5 aromatic rings. The number of carbonyl (C=O) groups excluding carboxylic acids is 1. The molecule has 4 aromatic heterocycles. The van der Waals surface area contributed by atoms with Crippen molar-refractivity contribution in [1.82, 2.24) is 39.3 Å². The van der Waals surface area contributed by atoms with Crippen molar-refractivity contribution < 1.29 is 4.79 Å². The zero-order valence-electron chi connectivity index (χ0n) is 19.2. The summed E-state index contributed by atoms with van der Waals surface area (Å²) in [6, 6.07) is 11.2. The van der Waals surface area contributed by atoms with E-state index in [-0.39, 0.29) is 18.4 Å². The summed E-state index contributed by atoms with van der Waals surface area (Å²) in [5.41, 5.74) is 9.41. The van der Waals surface area contributed by atoms with Crippen molar-refractivity contribution >= 4 is 40.3 Å². The SMILES string of the molecule is CCn1nc(C)cc1NC(=O)Cn1cnc2c(Nc3ccc(-c4ncccn4)cc3)nc(N)nc21. The number of hydrogen-bond acceptors (Lipinski definition) is 9. The highest BCUT2D eigenvalue weighted by Crippen LogP contribution is 2.25. The lowest BCUT2D eigenvalue weighted by Crippen LogP contribution is -2.20. The number of nitrogens with zero attached hydrogens (tertiary/aromatic N) is 8. The number of nitrogens with two attached hydrogens (primary N) is 1. The summed E-state index contributed by atoms with van der Waals surface area (Å²) in [4.78, 5) is 34.3. The second-order valence-corrected chi connectivity index (χ2v) is 7.78. The standard InChI is InChI=1S/C23H23N11O/c1-3-34-17(11-14(2)32-34)29-18(35)12-33-13-27-19-21(30-23(24)31-22(19)33)28-16-7-5-15(6-8-16)20-25-9-4-10-26-20/h4-11,13H,3,12H2,1-2H3,(H,29,35)(H3,24,28,30,31). The molecule has 176 valence electrons. The molecule has 1 amide bonds. The molecule has 5 rings (SSSR count). The molecule has 0 atom stereocenters. The molecule has 12 nitrogen and oxygen atoms in total. The van der Waals surface area contributed by atoms with Crippen molar-refractivity contribution in [2.75, 3.05) is 16.4 Å². The van der Waals surface area contributed by atoms with Crippen LogP contribution in [0.2, 0.25) is 0 Å². The maximum absolute atomic E-state index is 12.7. The molecule has 4 N–H and O–H groups in total. The van der Waals surface area contributed by atoms with Gasteiger partial charge in [0.2, 0.25) is 11.9 Å². The highest BCUT2D eigenvalue weighted by atomic mass is 16.2. The van der Waals surface area contributed by atoms with Gasteiger partial charge in [-0.3, -0.25) is 4.79 Å². The van der Waals surface area contributed by atoms with Gasteiger partial charge < -0.3 is 20.9 Å². The molecule has 0 aliphatic rings. The van der Waals surface area contributed by atoms with Crippen LogP contribution in [0, 0.1) is 6.92 Å². The highest BCUT2D eigenvalue weighted by Gasteiger charge is 2.16. The quantitative estimate of drug-likeness (QED) is 0.326. The van der Waals surface area contributed by atoms with Crippen LogP contribution in [0.5, 0.6) is 0 Å². The number of carbonyl (C=O) groups is 1. The Morgan fingerprint density at radius 1 is 1.09 bits per heavy atom. The van der Waals surface area contributed by atoms with E-state index in [4.69, 9.17) is 5.73 Å². The van der Waals surface area contributed by atoms with Crippen LogP contribution in [0.25, 0.3) is 22.6 Å². The fourth-order valence-corrected chi connectivity index (χ4v) is 3.68. The molecule has 0 spiro atoms. The van der Waals surface area contributed by atoms with Gasteiger partial charge >= 0.3 is 0 Å². The number of aryl methyl sites for hydroxylation is 2. The van der Waals surface area contributed by atoms with E-state index in [1.54, 1.807) is 34.0 Å². The molecule has 0 radical (unpaired) electrons. The molecule has 0 saturated carbocycles. The minimum atomic E-state index is -0.232. The number of fused-ring (bicyclic) bond motifs is 1. The molecular weight excluding hydrogens is 446 g/mol. The van der Waals surface area contributed by atoms with Gasteiger partial charge in [0.05, 0.1) is 12.0 Å². The number of amides is 1. The van der Waals surface area contributed by atoms with Crippen LogP contribution >= 0.6 is 0 Å². The van der Waals surface area contributed by atoms with Crippen molar-refractivity contribution in [2.24, 2.45) is 0 Å². The van der Waals surface area contributed by atoms with Crippen molar-refractivity contribution in [3.8, 4) is 11.4 Å². The summed E-state index contributed by atoms with van der Waals surface area (Å²) in [5, 5.41) is 10.5. The average Bonchev–Trinajstić information content (AvgIpc) is 3.42. The van der Waals surface area contributed by atoms with Crippen molar-refractivity contribution in [1.29, 1.82) is 0 Å². The lowest BCUT2D eigenvalue weighted by Gasteiger charge is -2.09. The van der Waals surface area contributed by atoms with E-state index in [0.29, 0.717) is 35.2 Å². The molecule has 0 fully saturated rings. The Bertz CT molecular complexity index is 1490. The zero-order chi connectivity index (χ0) is 24.4. The van der Waals surface area contributed by atoms with Crippen LogP contribution < -0.4 is 16.4 Å². The number of nitrogens with one attached hydrogen (secondary N) is 2. The van der Waals surface area contributed by atoms with Gasteiger partial charge in [0.15, 0.2) is 22.8 Å². The Hall–Kier alpha value is -4.87. The smallest absolute Gasteiger partial charge is 0.245 e. The minimum absolute atomic E-state index is 0.00606. The van der Waals surface area contributed by atoms with Gasteiger partial charge in [-0.05, 0) is 44.2 Å². The van der Waals surface area contributed by atoms with Gasteiger partial charge in [-0.1, -0.05) is 0 Å². The Balaban J connectivity index is 1.36.